The van der Waals surface area contributed by atoms with Crippen LogP contribution in [0.15, 0.2) is 12.3 Å². The quantitative estimate of drug-likeness (QED) is 0.904. The second-order valence-electron chi connectivity index (χ2n) is 5.26. The molecule has 2 heterocycles. The minimum absolute atomic E-state index is 0.652. The van der Waals surface area contributed by atoms with Gasteiger partial charge in [-0.1, -0.05) is 25.4 Å². The Morgan fingerprint density at radius 3 is 2.84 bits per heavy atom. The smallest absolute Gasteiger partial charge is 0.128 e. The van der Waals surface area contributed by atoms with Crippen molar-refractivity contribution in [2.24, 2.45) is 5.92 Å². The van der Waals surface area contributed by atoms with Crippen LogP contribution < -0.4 is 10.2 Å². The highest BCUT2D eigenvalue weighted by Gasteiger charge is 2.13. The maximum atomic E-state index is 6.23. The van der Waals surface area contributed by atoms with Crippen LogP contribution in [0.4, 0.5) is 5.82 Å². The van der Waals surface area contributed by atoms with Crippen molar-refractivity contribution >= 4 is 29.2 Å². The molecular formula is C14H22ClN3S. The van der Waals surface area contributed by atoms with Gasteiger partial charge in [-0.3, -0.25) is 0 Å². The summed E-state index contributed by atoms with van der Waals surface area (Å²) in [5.74, 6) is 4.08. The lowest BCUT2D eigenvalue weighted by atomic mass is 10.2. The number of nitrogens with one attached hydrogen (secondary N) is 1. The fourth-order valence-corrected chi connectivity index (χ4v) is 3.14. The first-order valence-electron chi connectivity index (χ1n) is 6.84. The Hall–Kier alpha value is -0.450. The summed E-state index contributed by atoms with van der Waals surface area (Å²) in [6, 6.07) is 2.13. The van der Waals surface area contributed by atoms with Crippen molar-refractivity contribution in [1.29, 1.82) is 0 Å². The van der Waals surface area contributed by atoms with E-state index in [1.54, 1.807) is 6.20 Å². The number of thioether (sulfide) groups is 1. The van der Waals surface area contributed by atoms with E-state index < -0.39 is 0 Å². The zero-order valence-corrected chi connectivity index (χ0v) is 13.2. The van der Waals surface area contributed by atoms with Crippen LogP contribution in [-0.4, -0.2) is 36.1 Å². The summed E-state index contributed by atoms with van der Waals surface area (Å²) in [6.45, 7) is 8.40. The van der Waals surface area contributed by atoms with Crippen molar-refractivity contribution in [3.8, 4) is 0 Å². The van der Waals surface area contributed by atoms with E-state index in [1.165, 1.54) is 11.5 Å². The third-order valence-electron chi connectivity index (χ3n) is 3.12. The highest BCUT2D eigenvalue weighted by Crippen LogP contribution is 2.22. The van der Waals surface area contributed by atoms with Crippen LogP contribution in [0.2, 0.25) is 5.02 Å². The number of pyridine rings is 1. The number of aromatic nitrogens is 1. The molecule has 0 aliphatic carbocycles. The molecule has 1 saturated heterocycles. The van der Waals surface area contributed by atoms with Gasteiger partial charge >= 0.3 is 0 Å². The van der Waals surface area contributed by atoms with Gasteiger partial charge in [0.15, 0.2) is 0 Å². The van der Waals surface area contributed by atoms with E-state index in [0.29, 0.717) is 5.92 Å². The second kappa shape index (κ2) is 7.36. The van der Waals surface area contributed by atoms with E-state index >= 15 is 0 Å². The van der Waals surface area contributed by atoms with Crippen LogP contribution in [-0.2, 0) is 6.54 Å². The third kappa shape index (κ3) is 4.55. The molecule has 0 amide bonds. The lowest BCUT2D eigenvalue weighted by Crippen LogP contribution is -2.33. The zero-order chi connectivity index (χ0) is 13.7. The normalized spacial score (nSPS) is 16.1. The molecule has 5 heteroatoms. The first-order chi connectivity index (χ1) is 9.16. The molecular weight excluding hydrogens is 278 g/mol. The highest BCUT2D eigenvalue weighted by molar-refractivity contribution is 7.99. The Morgan fingerprint density at radius 2 is 2.16 bits per heavy atom. The van der Waals surface area contributed by atoms with Crippen molar-refractivity contribution in [3.63, 3.8) is 0 Å². The van der Waals surface area contributed by atoms with E-state index in [-0.39, 0.29) is 0 Å². The predicted molar refractivity (Wildman–Crippen MR) is 85.3 cm³/mol. The fraction of sp³-hybridized carbons (Fsp3) is 0.643. The van der Waals surface area contributed by atoms with E-state index in [0.717, 1.165) is 42.6 Å². The topological polar surface area (TPSA) is 28.2 Å². The third-order valence-corrected chi connectivity index (χ3v) is 4.41. The van der Waals surface area contributed by atoms with Crippen LogP contribution in [0.3, 0.4) is 0 Å². The van der Waals surface area contributed by atoms with Gasteiger partial charge in [0.25, 0.3) is 0 Å². The Balaban J connectivity index is 2.01. The van der Waals surface area contributed by atoms with Gasteiger partial charge in [-0.05, 0) is 24.1 Å². The average molecular weight is 300 g/mol. The summed E-state index contributed by atoms with van der Waals surface area (Å²) >= 11 is 8.24. The second-order valence-corrected chi connectivity index (χ2v) is 6.89. The summed E-state index contributed by atoms with van der Waals surface area (Å²) in [5, 5.41) is 4.19. The molecule has 0 saturated carbocycles. The minimum Gasteiger partial charge on any atom is -0.355 e. The van der Waals surface area contributed by atoms with E-state index in [2.05, 4.69) is 35.1 Å². The Morgan fingerprint density at radius 1 is 1.42 bits per heavy atom. The minimum atomic E-state index is 0.652. The van der Waals surface area contributed by atoms with Gasteiger partial charge in [0, 0.05) is 37.3 Å². The summed E-state index contributed by atoms with van der Waals surface area (Å²) in [4.78, 5) is 6.81. The summed E-state index contributed by atoms with van der Waals surface area (Å²) in [7, 11) is 0. The van der Waals surface area contributed by atoms with Gasteiger partial charge in [0.05, 0.1) is 5.02 Å². The largest absolute Gasteiger partial charge is 0.355 e. The van der Waals surface area contributed by atoms with Crippen LogP contribution in [0.5, 0.6) is 0 Å². The lowest BCUT2D eigenvalue weighted by molar-refractivity contribution is 0.552. The van der Waals surface area contributed by atoms with Crippen LogP contribution in [0.25, 0.3) is 0 Å². The number of rotatable bonds is 5. The molecule has 1 fully saturated rings. The molecule has 0 spiro atoms. The Labute approximate surface area is 125 Å². The number of hydrogen-bond donors (Lipinski definition) is 1. The molecule has 0 bridgehead atoms. The molecule has 1 aromatic heterocycles. The molecule has 1 aliphatic rings. The van der Waals surface area contributed by atoms with Gasteiger partial charge in [-0.2, -0.15) is 11.8 Å². The number of anilines is 1. The van der Waals surface area contributed by atoms with Gasteiger partial charge in [-0.15, -0.1) is 0 Å². The number of nitrogens with zero attached hydrogens (tertiary/aromatic N) is 2. The first kappa shape index (κ1) is 14.9. The SMILES string of the molecule is CC(C)CNCc1cc(N2CCSCC2)ncc1Cl. The molecule has 1 N–H and O–H groups in total. The Bertz CT molecular complexity index is 406. The van der Waals surface area contributed by atoms with E-state index in [1.807, 2.05) is 11.8 Å². The molecule has 0 atom stereocenters. The van der Waals surface area contributed by atoms with Crippen molar-refractivity contribution in [3.05, 3.63) is 22.8 Å². The van der Waals surface area contributed by atoms with Gasteiger partial charge in [0.1, 0.15) is 5.82 Å². The highest BCUT2D eigenvalue weighted by atomic mass is 35.5. The van der Waals surface area contributed by atoms with Crippen molar-refractivity contribution in [2.45, 2.75) is 20.4 Å². The van der Waals surface area contributed by atoms with E-state index in [9.17, 15) is 0 Å². The number of halogens is 1. The van der Waals surface area contributed by atoms with Crippen LogP contribution >= 0.6 is 23.4 Å². The maximum absolute atomic E-state index is 6.23. The first-order valence-corrected chi connectivity index (χ1v) is 8.38. The van der Waals surface area contributed by atoms with Crippen molar-refractivity contribution < 1.29 is 0 Å². The Kier molecular flexibility index (Phi) is 5.79. The zero-order valence-electron chi connectivity index (χ0n) is 11.7. The number of hydrogen-bond acceptors (Lipinski definition) is 4. The van der Waals surface area contributed by atoms with Crippen LogP contribution in [0.1, 0.15) is 19.4 Å². The van der Waals surface area contributed by atoms with Gasteiger partial charge in [-0.25, -0.2) is 4.98 Å². The summed E-state index contributed by atoms with van der Waals surface area (Å²) < 4.78 is 0. The molecule has 3 nitrogen and oxygen atoms in total. The predicted octanol–water partition coefficient (Wildman–Crippen LogP) is 3.03. The average Bonchev–Trinajstić information content (AvgIpc) is 2.41. The van der Waals surface area contributed by atoms with Crippen molar-refractivity contribution in [2.75, 3.05) is 36.0 Å². The van der Waals surface area contributed by atoms with E-state index in [4.69, 9.17) is 11.6 Å². The summed E-state index contributed by atoms with van der Waals surface area (Å²) in [5.41, 5.74) is 1.14. The monoisotopic (exact) mass is 299 g/mol. The molecule has 0 unspecified atom stereocenters. The standard InChI is InChI=1S/C14H22ClN3S/c1-11(2)8-16-9-12-7-14(17-10-13(12)15)18-3-5-19-6-4-18/h7,10-11,16H,3-6,8-9H2,1-2H3. The summed E-state index contributed by atoms with van der Waals surface area (Å²) in [6.07, 6.45) is 1.78. The van der Waals surface area contributed by atoms with Crippen molar-refractivity contribution in [1.82, 2.24) is 10.3 Å². The van der Waals surface area contributed by atoms with Crippen LogP contribution in [0, 0.1) is 5.92 Å². The maximum Gasteiger partial charge on any atom is 0.128 e. The fourth-order valence-electron chi connectivity index (χ4n) is 2.06. The lowest BCUT2D eigenvalue weighted by Gasteiger charge is -2.27. The molecule has 0 radical (unpaired) electrons. The molecule has 1 aliphatic heterocycles. The van der Waals surface area contributed by atoms with Gasteiger partial charge < -0.3 is 10.2 Å². The molecule has 2 rings (SSSR count). The molecule has 19 heavy (non-hydrogen) atoms. The molecule has 1 aromatic rings. The van der Waals surface area contributed by atoms with Gasteiger partial charge in [0.2, 0.25) is 0 Å². The molecule has 0 aromatic carbocycles. The molecule has 106 valence electrons.